The number of benzene rings is 1. The lowest BCUT2D eigenvalue weighted by atomic mass is 9.90. The fraction of sp³-hybridized carbons (Fsp3) is 0.278. The van der Waals surface area contributed by atoms with E-state index in [0.717, 1.165) is 12.1 Å². The topological polar surface area (TPSA) is 108 Å². The van der Waals surface area contributed by atoms with Crippen LogP contribution in [0, 0.1) is 5.82 Å². The SMILES string of the molecule is COc1cc(Br)cnc1OC(=O)Nc1ccc(F)c([C@]2(C(F)F)COCC(N)=N2)c1. The first kappa shape index (κ1) is 21.8. The zero-order chi connectivity index (χ0) is 21.9. The van der Waals surface area contributed by atoms with Gasteiger partial charge in [0.25, 0.3) is 12.3 Å². The van der Waals surface area contributed by atoms with Crippen molar-refractivity contribution in [2.24, 2.45) is 10.7 Å². The van der Waals surface area contributed by atoms with Gasteiger partial charge in [0.2, 0.25) is 0 Å². The van der Waals surface area contributed by atoms with E-state index in [2.05, 4.69) is 31.2 Å². The van der Waals surface area contributed by atoms with Gasteiger partial charge in [-0.15, -0.1) is 0 Å². The first-order chi connectivity index (χ1) is 14.2. The number of amides is 1. The number of anilines is 1. The number of carbonyl (C=O) groups is 1. The fourth-order valence-electron chi connectivity index (χ4n) is 2.80. The fourth-order valence-corrected chi connectivity index (χ4v) is 3.11. The number of ether oxygens (including phenoxy) is 3. The molecule has 30 heavy (non-hydrogen) atoms. The minimum Gasteiger partial charge on any atom is -0.491 e. The summed E-state index contributed by atoms with van der Waals surface area (Å²) in [5.74, 6) is -1.08. The number of nitrogens with zero attached hydrogens (tertiary/aromatic N) is 2. The van der Waals surface area contributed by atoms with Crippen LogP contribution in [0.25, 0.3) is 0 Å². The first-order valence-electron chi connectivity index (χ1n) is 8.43. The van der Waals surface area contributed by atoms with Crippen LogP contribution >= 0.6 is 15.9 Å². The van der Waals surface area contributed by atoms with Crippen LogP contribution in [0.5, 0.6) is 11.6 Å². The molecule has 0 bridgehead atoms. The predicted octanol–water partition coefficient (Wildman–Crippen LogP) is 3.45. The molecule has 1 amide bonds. The molecule has 0 spiro atoms. The smallest absolute Gasteiger partial charge is 0.418 e. The molecule has 160 valence electrons. The standard InChI is InChI=1S/C18H16BrF3N4O4/c1-28-13-4-9(19)6-24-15(13)30-17(27)25-10-2-3-12(20)11(5-10)18(16(21)22)8-29-7-14(23)26-18/h2-6,16H,7-8H2,1H3,(H2,23,26)(H,25,27)/t18-/m0/s1. The quantitative estimate of drug-likeness (QED) is 0.667. The van der Waals surface area contributed by atoms with E-state index in [4.69, 9.17) is 19.9 Å². The van der Waals surface area contributed by atoms with Crippen LogP contribution in [-0.4, -0.2) is 43.7 Å². The summed E-state index contributed by atoms with van der Waals surface area (Å²) >= 11 is 3.21. The summed E-state index contributed by atoms with van der Waals surface area (Å²) in [5, 5.41) is 2.33. The Labute approximate surface area is 177 Å². The van der Waals surface area contributed by atoms with Gasteiger partial charge in [-0.25, -0.2) is 22.9 Å². The average Bonchev–Trinajstić information content (AvgIpc) is 2.70. The third-order valence-corrected chi connectivity index (χ3v) is 4.58. The Morgan fingerprint density at radius 1 is 1.40 bits per heavy atom. The van der Waals surface area contributed by atoms with Crippen LogP contribution in [-0.2, 0) is 10.3 Å². The van der Waals surface area contributed by atoms with E-state index in [1.54, 1.807) is 0 Å². The van der Waals surface area contributed by atoms with Crippen molar-refractivity contribution in [3.8, 4) is 11.6 Å². The van der Waals surface area contributed by atoms with Crippen LogP contribution in [0.2, 0.25) is 0 Å². The second-order valence-electron chi connectivity index (χ2n) is 6.19. The van der Waals surface area contributed by atoms with Crippen molar-refractivity contribution in [2.75, 3.05) is 25.6 Å². The van der Waals surface area contributed by atoms with Crippen molar-refractivity contribution in [1.29, 1.82) is 0 Å². The maximum absolute atomic E-state index is 14.4. The molecule has 0 unspecified atom stereocenters. The summed E-state index contributed by atoms with van der Waals surface area (Å²) in [4.78, 5) is 19.9. The van der Waals surface area contributed by atoms with Gasteiger partial charge in [0.1, 0.15) is 18.3 Å². The first-order valence-corrected chi connectivity index (χ1v) is 9.23. The second kappa shape index (κ2) is 8.88. The summed E-state index contributed by atoms with van der Waals surface area (Å²) in [6, 6.07) is 4.67. The van der Waals surface area contributed by atoms with Gasteiger partial charge in [0.05, 0.1) is 13.7 Å². The third kappa shape index (κ3) is 4.49. The van der Waals surface area contributed by atoms with E-state index in [1.165, 1.54) is 25.4 Å². The number of rotatable bonds is 5. The number of methoxy groups -OCH3 is 1. The van der Waals surface area contributed by atoms with Gasteiger partial charge in [-0.05, 0) is 34.1 Å². The molecule has 8 nitrogen and oxygen atoms in total. The number of aromatic nitrogens is 1. The van der Waals surface area contributed by atoms with Gasteiger partial charge in [-0.1, -0.05) is 0 Å². The molecule has 1 atom stereocenters. The molecule has 1 aromatic heterocycles. The summed E-state index contributed by atoms with van der Waals surface area (Å²) in [6.07, 6.45) is -2.71. The van der Waals surface area contributed by atoms with Crippen molar-refractivity contribution in [3.05, 3.63) is 46.3 Å². The van der Waals surface area contributed by atoms with Gasteiger partial charge < -0.3 is 19.9 Å². The highest BCUT2D eigenvalue weighted by Crippen LogP contribution is 2.38. The third-order valence-electron chi connectivity index (χ3n) is 4.15. The molecule has 0 saturated carbocycles. The molecule has 3 rings (SSSR count). The molecule has 1 aliphatic rings. The maximum atomic E-state index is 14.4. The number of carbonyl (C=O) groups excluding carboxylic acids is 1. The lowest BCUT2D eigenvalue weighted by Gasteiger charge is -2.33. The van der Waals surface area contributed by atoms with Gasteiger partial charge in [0.15, 0.2) is 11.3 Å². The average molecular weight is 489 g/mol. The number of nitrogens with one attached hydrogen (secondary N) is 1. The van der Waals surface area contributed by atoms with Gasteiger partial charge in [-0.2, -0.15) is 0 Å². The van der Waals surface area contributed by atoms with Crippen LogP contribution in [0.4, 0.5) is 23.7 Å². The number of halogens is 4. The molecule has 2 heterocycles. The predicted molar refractivity (Wildman–Crippen MR) is 105 cm³/mol. The molecule has 1 aromatic carbocycles. The largest absolute Gasteiger partial charge is 0.491 e. The van der Waals surface area contributed by atoms with E-state index < -0.39 is 36.0 Å². The highest BCUT2D eigenvalue weighted by molar-refractivity contribution is 9.10. The summed E-state index contributed by atoms with van der Waals surface area (Å²) in [6.45, 7) is -0.710. The molecule has 0 aliphatic carbocycles. The molecular formula is C18H16BrF3N4O4. The molecule has 2 aromatic rings. The van der Waals surface area contributed by atoms with Crippen molar-refractivity contribution >= 4 is 33.5 Å². The van der Waals surface area contributed by atoms with Gasteiger partial charge >= 0.3 is 6.09 Å². The Morgan fingerprint density at radius 3 is 2.83 bits per heavy atom. The Balaban J connectivity index is 1.87. The Morgan fingerprint density at radius 2 is 2.17 bits per heavy atom. The summed E-state index contributed by atoms with van der Waals surface area (Å²) < 4.78 is 58.0. The molecule has 1 aliphatic heterocycles. The molecule has 0 saturated heterocycles. The molecule has 0 radical (unpaired) electrons. The lowest BCUT2D eigenvalue weighted by molar-refractivity contribution is -0.0145. The number of amidine groups is 1. The number of hydrogen-bond donors (Lipinski definition) is 2. The van der Waals surface area contributed by atoms with Crippen LogP contribution in [0.3, 0.4) is 0 Å². The van der Waals surface area contributed by atoms with E-state index in [0.29, 0.717) is 4.47 Å². The number of aliphatic imine (C=N–C) groups is 1. The number of nitrogens with two attached hydrogens (primary N) is 1. The maximum Gasteiger partial charge on any atom is 0.418 e. The zero-order valence-electron chi connectivity index (χ0n) is 15.5. The van der Waals surface area contributed by atoms with E-state index in [-0.39, 0.29) is 29.8 Å². The number of alkyl halides is 2. The molecule has 0 fully saturated rings. The number of pyridine rings is 1. The van der Waals surface area contributed by atoms with Crippen LogP contribution in [0.15, 0.2) is 39.9 Å². The Hall–Kier alpha value is -2.86. The molecule has 3 N–H and O–H groups in total. The van der Waals surface area contributed by atoms with Gasteiger partial charge in [0, 0.05) is 28.0 Å². The highest BCUT2D eigenvalue weighted by Gasteiger charge is 2.46. The summed E-state index contributed by atoms with van der Waals surface area (Å²) in [5.41, 5.74) is 2.72. The zero-order valence-corrected chi connectivity index (χ0v) is 17.1. The van der Waals surface area contributed by atoms with Crippen molar-refractivity contribution in [1.82, 2.24) is 4.98 Å². The van der Waals surface area contributed by atoms with Crippen LogP contribution in [0.1, 0.15) is 5.56 Å². The van der Waals surface area contributed by atoms with Crippen LogP contribution < -0.4 is 20.5 Å². The monoisotopic (exact) mass is 488 g/mol. The van der Waals surface area contributed by atoms with Crippen molar-refractivity contribution in [3.63, 3.8) is 0 Å². The second-order valence-corrected chi connectivity index (χ2v) is 7.11. The molecular weight excluding hydrogens is 473 g/mol. The minimum atomic E-state index is -3.11. The Bertz CT molecular complexity index is 992. The summed E-state index contributed by atoms with van der Waals surface area (Å²) in [7, 11) is 1.36. The Kier molecular flexibility index (Phi) is 6.46. The normalized spacial score (nSPS) is 18.7. The number of hydrogen-bond acceptors (Lipinski definition) is 7. The molecule has 12 heteroatoms. The highest BCUT2D eigenvalue weighted by atomic mass is 79.9. The van der Waals surface area contributed by atoms with E-state index in [1.807, 2.05) is 0 Å². The van der Waals surface area contributed by atoms with E-state index >= 15 is 0 Å². The van der Waals surface area contributed by atoms with E-state index in [9.17, 15) is 18.0 Å². The minimum absolute atomic E-state index is 0.00755. The van der Waals surface area contributed by atoms with Crippen molar-refractivity contribution in [2.45, 2.75) is 12.0 Å². The van der Waals surface area contributed by atoms with Crippen molar-refractivity contribution < 1.29 is 32.2 Å². The van der Waals surface area contributed by atoms with Gasteiger partial charge in [-0.3, -0.25) is 10.3 Å². The lowest BCUT2D eigenvalue weighted by Crippen LogP contribution is -2.45.